The third kappa shape index (κ3) is 33.8. The fourth-order valence-electron chi connectivity index (χ4n) is 5.62. The summed E-state index contributed by atoms with van der Waals surface area (Å²) in [7, 11) is 0. The van der Waals surface area contributed by atoms with Gasteiger partial charge in [-0.25, -0.2) is 0 Å². The van der Waals surface area contributed by atoms with Crippen molar-refractivity contribution in [2.24, 2.45) is 0 Å². The van der Waals surface area contributed by atoms with Gasteiger partial charge in [-0.15, -0.1) is 0 Å². The molecule has 0 saturated heterocycles. The van der Waals surface area contributed by atoms with E-state index in [1.165, 1.54) is 154 Å². The average molecular weight is 583 g/mol. The van der Waals surface area contributed by atoms with Gasteiger partial charge in [0.25, 0.3) is 0 Å². The average Bonchev–Trinajstić information content (AvgIpc) is 2.98. The third-order valence-electron chi connectivity index (χ3n) is 8.43. The Bertz CT molecular complexity index is 495. The topological polar surface area (TPSA) is 55.8 Å². The van der Waals surface area contributed by atoms with Crippen molar-refractivity contribution in [2.45, 2.75) is 213 Å². The normalized spacial score (nSPS) is 12.2. The van der Waals surface area contributed by atoms with Crippen LogP contribution in [-0.2, 0) is 14.3 Å². The summed E-state index contributed by atoms with van der Waals surface area (Å²) in [6, 6.07) is 0. The van der Waals surface area contributed by atoms with Gasteiger partial charge in [-0.1, -0.05) is 187 Å². The van der Waals surface area contributed by atoms with Crippen molar-refractivity contribution in [3.05, 3.63) is 0 Å². The molecule has 1 N–H and O–H groups in total. The summed E-state index contributed by atoms with van der Waals surface area (Å²) >= 11 is 0. The van der Waals surface area contributed by atoms with Crippen LogP contribution in [0.3, 0.4) is 0 Å². The first-order valence-corrected chi connectivity index (χ1v) is 18.6. The van der Waals surface area contributed by atoms with E-state index in [0.717, 1.165) is 32.1 Å². The monoisotopic (exact) mass is 583 g/mol. The number of hydrogen-bond acceptors (Lipinski definition) is 4. The molecule has 0 saturated carbocycles. The minimum atomic E-state index is -0.520. The molecule has 0 bridgehead atoms. The predicted molar refractivity (Wildman–Crippen MR) is 178 cm³/mol. The van der Waals surface area contributed by atoms with Gasteiger partial charge >= 0.3 is 5.97 Å². The number of carbonyl (C=O) groups excluding carboxylic acids is 1. The van der Waals surface area contributed by atoms with E-state index < -0.39 is 6.10 Å². The van der Waals surface area contributed by atoms with Crippen LogP contribution in [0.2, 0.25) is 0 Å². The van der Waals surface area contributed by atoms with E-state index in [9.17, 15) is 9.90 Å². The second-order valence-electron chi connectivity index (χ2n) is 12.7. The minimum absolute atomic E-state index is 0.166. The highest BCUT2D eigenvalue weighted by atomic mass is 16.6. The van der Waals surface area contributed by atoms with Crippen LogP contribution in [0.4, 0.5) is 0 Å². The lowest BCUT2D eigenvalue weighted by atomic mass is 10.0. The Morgan fingerprint density at radius 1 is 0.488 bits per heavy atom. The maximum atomic E-state index is 11.8. The van der Waals surface area contributed by atoms with E-state index in [1.807, 2.05) is 0 Å². The van der Waals surface area contributed by atoms with Crippen molar-refractivity contribution in [3.63, 3.8) is 0 Å². The molecular weight excluding hydrogens is 508 g/mol. The first-order chi connectivity index (χ1) is 20.2. The summed E-state index contributed by atoms with van der Waals surface area (Å²) in [5, 5.41) is 9.42. The second-order valence-corrected chi connectivity index (χ2v) is 12.7. The van der Waals surface area contributed by atoms with E-state index in [-0.39, 0.29) is 12.6 Å². The van der Waals surface area contributed by atoms with Gasteiger partial charge in [-0.05, 0) is 12.8 Å². The van der Waals surface area contributed by atoms with Crippen LogP contribution in [0.25, 0.3) is 0 Å². The number of carbonyl (C=O) groups is 1. The van der Waals surface area contributed by atoms with Gasteiger partial charge in [0, 0.05) is 13.0 Å². The highest BCUT2D eigenvalue weighted by Crippen LogP contribution is 2.16. The van der Waals surface area contributed by atoms with Crippen LogP contribution in [0.1, 0.15) is 206 Å². The molecule has 1 atom stereocenters. The smallest absolute Gasteiger partial charge is 0.306 e. The summed E-state index contributed by atoms with van der Waals surface area (Å²) in [6.07, 6.45) is 39.2. The van der Waals surface area contributed by atoms with E-state index >= 15 is 0 Å². The van der Waals surface area contributed by atoms with Crippen molar-refractivity contribution in [3.8, 4) is 0 Å². The zero-order chi connectivity index (χ0) is 29.9. The molecule has 0 fully saturated rings. The summed E-state index contributed by atoms with van der Waals surface area (Å²) in [4.78, 5) is 11.8. The zero-order valence-corrected chi connectivity index (χ0v) is 28.1. The number of ether oxygens (including phenoxy) is 2. The van der Waals surface area contributed by atoms with Crippen LogP contribution in [0, 0.1) is 0 Å². The van der Waals surface area contributed by atoms with Gasteiger partial charge in [0.2, 0.25) is 0 Å². The van der Waals surface area contributed by atoms with E-state index in [0.29, 0.717) is 19.6 Å². The first-order valence-electron chi connectivity index (χ1n) is 18.6. The molecule has 0 aromatic rings. The van der Waals surface area contributed by atoms with Crippen LogP contribution >= 0.6 is 0 Å². The van der Waals surface area contributed by atoms with Crippen molar-refractivity contribution in [2.75, 3.05) is 19.8 Å². The largest absolute Gasteiger partial charge is 0.457 e. The molecule has 0 aromatic heterocycles. The number of rotatable bonds is 35. The highest BCUT2D eigenvalue weighted by molar-refractivity contribution is 5.69. The molecule has 246 valence electrons. The fraction of sp³-hybridized carbons (Fsp3) is 0.973. The Morgan fingerprint density at radius 2 is 0.805 bits per heavy atom. The lowest BCUT2D eigenvalue weighted by molar-refractivity contribution is -0.154. The van der Waals surface area contributed by atoms with Gasteiger partial charge < -0.3 is 14.6 Å². The van der Waals surface area contributed by atoms with Crippen LogP contribution in [0.5, 0.6) is 0 Å². The molecule has 0 rings (SSSR count). The SMILES string of the molecule is CCCCCCCCCCCCCCCCCCCCCCCCCCCOCC(CO)OC(=O)CCCCCC. The molecule has 0 amide bonds. The first kappa shape index (κ1) is 40.4. The van der Waals surface area contributed by atoms with Crippen molar-refractivity contribution < 1.29 is 19.4 Å². The highest BCUT2D eigenvalue weighted by Gasteiger charge is 2.13. The number of hydrogen-bond donors (Lipinski definition) is 1. The molecule has 41 heavy (non-hydrogen) atoms. The quantitative estimate of drug-likeness (QED) is 0.0596. The van der Waals surface area contributed by atoms with Crippen LogP contribution in [0.15, 0.2) is 0 Å². The number of aliphatic hydroxyl groups excluding tert-OH is 1. The van der Waals surface area contributed by atoms with Crippen LogP contribution < -0.4 is 0 Å². The number of unbranched alkanes of at least 4 members (excludes halogenated alkanes) is 27. The summed E-state index contributed by atoms with van der Waals surface area (Å²) < 4.78 is 11.0. The van der Waals surface area contributed by atoms with E-state index in [1.54, 1.807) is 0 Å². The Kier molecular flexibility index (Phi) is 35.1. The van der Waals surface area contributed by atoms with E-state index in [4.69, 9.17) is 9.47 Å². The molecule has 0 aliphatic heterocycles. The molecule has 0 aromatic carbocycles. The molecule has 0 radical (unpaired) electrons. The van der Waals surface area contributed by atoms with Gasteiger partial charge in [0.05, 0.1) is 13.2 Å². The van der Waals surface area contributed by atoms with Crippen molar-refractivity contribution in [1.29, 1.82) is 0 Å². The molecule has 0 aliphatic carbocycles. The lowest BCUT2D eigenvalue weighted by Gasteiger charge is -2.15. The Morgan fingerprint density at radius 3 is 1.15 bits per heavy atom. The fourth-order valence-corrected chi connectivity index (χ4v) is 5.62. The van der Waals surface area contributed by atoms with Gasteiger partial charge in [-0.3, -0.25) is 4.79 Å². The predicted octanol–water partition coefficient (Wildman–Crippen LogP) is 11.6. The number of aliphatic hydroxyl groups is 1. The van der Waals surface area contributed by atoms with Gasteiger partial charge in [-0.2, -0.15) is 0 Å². The maximum absolute atomic E-state index is 11.8. The van der Waals surface area contributed by atoms with Crippen molar-refractivity contribution in [1.82, 2.24) is 0 Å². The van der Waals surface area contributed by atoms with Crippen molar-refractivity contribution >= 4 is 5.97 Å². The molecule has 0 heterocycles. The maximum Gasteiger partial charge on any atom is 0.306 e. The Balaban J connectivity index is 3.22. The standard InChI is InChI=1S/C37H74O4/c1-3-5-7-9-10-11-12-13-14-15-16-17-18-19-20-21-22-23-24-25-26-27-28-29-31-33-40-35-36(34-38)41-37(39)32-30-8-6-4-2/h36,38H,3-35H2,1-2H3. The molecule has 1 unspecified atom stereocenters. The van der Waals surface area contributed by atoms with E-state index in [2.05, 4.69) is 13.8 Å². The molecule has 4 nitrogen and oxygen atoms in total. The Labute approximate surface area is 257 Å². The summed E-state index contributed by atoms with van der Waals surface area (Å²) in [6.45, 7) is 5.27. The van der Waals surface area contributed by atoms with Crippen LogP contribution in [-0.4, -0.2) is 37.0 Å². The van der Waals surface area contributed by atoms with Gasteiger partial charge in [0.1, 0.15) is 6.10 Å². The molecule has 0 aliphatic rings. The third-order valence-corrected chi connectivity index (χ3v) is 8.43. The molecule has 4 heteroatoms. The van der Waals surface area contributed by atoms with Gasteiger partial charge in [0.15, 0.2) is 0 Å². The zero-order valence-electron chi connectivity index (χ0n) is 28.1. The Hall–Kier alpha value is -0.610. The minimum Gasteiger partial charge on any atom is -0.457 e. The number of esters is 1. The summed E-state index contributed by atoms with van der Waals surface area (Å²) in [5.74, 6) is -0.214. The molecule has 0 spiro atoms. The summed E-state index contributed by atoms with van der Waals surface area (Å²) in [5.41, 5.74) is 0. The molecular formula is C37H74O4. The second kappa shape index (κ2) is 35.6. The lowest BCUT2D eigenvalue weighted by Crippen LogP contribution is -2.27.